The molecule has 4 heterocycles. The van der Waals surface area contributed by atoms with E-state index in [4.69, 9.17) is 0 Å². The van der Waals surface area contributed by atoms with E-state index < -0.39 is 0 Å². The molecule has 0 spiro atoms. The molecule has 8 nitrogen and oxygen atoms in total. The van der Waals surface area contributed by atoms with Crippen LogP contribution in [0.15, 0.2) is 49.2 Å². The molecule has 8 heteroatoms. The summed E-state index contributed by atoms with van der Waals surface area (Å²) in [5, 5.41) is 2.85. The van der Waals surface area contributed by atoms with Gasteiger partial charge in [0.25, 0.3) is 0 Å². The molecule has 4 rings (SSSR count). The van der Waals surface area contributed by atoms with Gasteiger partial charge < -0.3 is 19.7 Å². The van der Waals surface area contributed by atoms with E-state index in [1.54, 1.807) is 17.1 Å². The summed E-state index contributed by atoms with van der Waals surface area (Å²) >= 11 is 0. The number of nitrogens with one attached hydrogen (secondary N) is 1. The third kappa shape index (κ3) is 4.78. The zero-order valence-electron chi connectivity index (χ0n) is 16.7. The predicted octanol–water partition coefficient (Wildman–Crippen LogP) is 2.04. The normalized spacial score (nSPS) is 14.8. The van der Waals surface area contributed by atoms with Gasteiger partial charge in [0.2, 0.25) is 5.91 Å². The van der Waals surface area contributed by atoms with E-state index in [0.29, 0.717) is 5.82 Å². The predicted molar refractivity (Wildman–Crippen MR) is 113 cm³/mol. The summed E-state index contributed by atoms with van der Waals surface area (Å²) < 4.78 is 1.76. The first-order chi connectivity index (χ1) is 14.1. The minimum absolute atomic E-state index is 0.139. The monoisotopic (exact) mass is 391 g/mol. The Bertz CT molecular complexity index is 975. The van der Waals surface area contributed by atoms with Crippen molar-refractivity contribution >= 4 is 17.4 Å². The van der Waals surface area contributed by atoms with Crippen LogP contribution in [0.4, 0.5) is 11.5 Å². The summed E-state index contributed by atoms with van der Waals surface area (Å²) in [6.07, 6.45) is 7.10. The van der Waals surface area contributed by atoms with Crippen LogP contribution in [-0.2, 0) is 11.3 Å². The molecule has 3 aromatic heterocycles. The van der Waals surface area contributed by atoms with Crippen LogP contribution >= 0.6 is 0 Å². The van der Waals surface area contributed by atoms with E-state index in [-0.39, 0.29) is 12.5 Å². The zero-order valence-corrected chi connectivity index (χ0v) is 16.7. The van der Waals surface area contributed by atoms with Crippen molar-refractivity contribution in [3.8, 4) is 11.3 Å². The van der Waals surface area contributed by atoms with Gasteiger partial charge in [-0.2, -0.15) is 0 Å². The number of likely N-dealkylation sites (N-methyl/N-ethyl adjacent to an activating group) is 1. The summed E-state index contributed by atoms with van der Waals surface area (Å²) in [5.41, 5.74) is 3.82. The molecular formula is C21H25N7O. The van der Waals surface area contributed by atoms with Crippen molar-refractivity contribution < 1.29 is 4.79 Å². The molecule has 0 aliphatic carbocycles. The van der Waals surface area contributed by atoms with Gasteiger partial charge in [-0.15, -0.1) is 0 Å². The highest BCUT2D eigenvalue weighted by Gasteiger charge is 2.14. The van der Waals surface area contributed by atoms with Crippen molar-refractivity contribution in [2.24, 2.45) is 0 Å². The molecule has 1 aliphatic heterocycles. The molecular weight excluding hydrogens is 366 g/mol. The molecule has 0 atom stereocenters. The van der Waals surface area contributed by atoms with Gasteiger partial charge in [-0.05, 0) is 38.2 Å². The number of aromatic nitrogens is 4. The number of amides is 1. The molecule has 0 bridgehead atoms. The molecule has 1 N–H and O–H groups in total. The van der Waals surface area contributed by atoms with Crippen molar-refractivity contribution in [3.63, 3.8) is 0 Å². The second-order valence-electron chi connectivity index (χ2n) is 7.36. The van der Waals surface area contributed by atoms with Crippen molar-refractivity contribution in [1.82, 2.24) is 24.4 Å². The van der Waals surface area contributed by atoms with Crippen LogP contribution in [0.2, 0.25) is 0 Å². The number of carbonyl (C=O) groups is 1. The second kappa shape index (κ2) is 8.40. The SMILES string of the molecule is Cc1cc(-c2cn(CC(=O)Nc3ccc(N4CCN(C)CC4)cn3)cn2)ccn1. The Balaban J connectivity index is 1.34. The number of rotatable bonds is 5. The fourth-order valence-electron chi connectivity index (χ4n) is 3.36. The molecule has 3 aromatic rings. The minimum atomic E-state index is -0.139. The quantitative estimate of drug-likeness (QED) is 0.717. The number of carbonyl (C=O) groups excluding carboxylic acids is 1. The van der Waals surface area contributed by atoms with Crippen LogP contribution in [0, 0.1) is 6.92 Å². The Morgan fingerprint density at radius 3 is 2.66 bits per heavy atom. The first-order valence-electron chi connectivity index (χ1n) is 9.71. The van der Waals surface area contributed by atoms with Gasteiger partial charge in [0.15, 0.2) is 0 Å². The van der Waals surface area contributed by atoms with Crippen molar-refractivity contribution in [2.45, 2.75) is 13.5 Å². The van der Waals surface area contributed by atoms with E-state index in [0.717, 1.165) is 48.8 Å². The average molecular weight is 391 g/mol. The van der Waals surface area contributed by atoms with E-state index in [1.807, 2.05) is 43.6 Å². The molecule has 1 fully saturated rings. The van der Waals surface area contributed by atoms with Crippen LogP contribution < -0.4 is 10.2 Å². The zero-order chi connectivity index (χ0) is 20.2. The maximum Gasteiger partial charge on any atom is 0.245 e. The van der Waals surface area contributed by atoms with Gasteiger partial charge in [-0.1, -0.05) is 0 Å². The van der Waals surface area contributed by atoms with Crippen LogP contribution in [0.25, 0.3) is 11.3 Å². The van der Waals surface area contributed by atoms with E-state index in [9.17, 15) is 4.79 Å². The highest BCUT2D eigenvalue weighted by Crippen LogP contribution is 2.18. The lowest BCUT2D eigenvalue weighted by Gasteiger charge is -2.33. The molecule has 0 aromatic carbocycles. The topological polar surface area (TPSA) is 79.2 Å². The molecule has 0 saturated carbocycles. The third-order valence-corrected chi connectivity index (χ3v) is 5.04. The first-order valence-corrected chi connectivity index (χ1v) is 9.71. The number of imidazole rings is 1. The summed E-state index contributed by atoms with van der Waals surface area (Å²) in [4.78, 5) is 30.0. The Morgan fingerprint density at radius 1 is 1.10 bits per heavy atom. The number of hydrogen-bond donors (Lipinski definition) is 1. The lowest BCUT2D eigenvalue weighted by atomic mass is 10.2. The van der Waals surface area contributed by atoms with Crippen LogP contribution in [0.3, 0.4) is 0 Å². The molecule has 1 aliphatic rings. The van der Waals surface area contributed by atoms with Gasteiger partial charge >= 0.3 is 0 Å². The van der Waals surface area contributed by atoms with E-state index >= 15 is 0 Å². The summed E-state index contributed by atoms with van der Waals surface area (Å²) in [5.74, 6) is 0.415. The maximum atomic E-state index is 12.4. The van der Waals surface area contributed by atoms with Crippen LogP contribution in [0.1, 0.15) is 5.69 Å². The number of piperazine rings is 1. The standard InChI is InChI=1S/C21H25N7O/c1-16-11-17(5-6-22-16)19-13-27(15-24-19)14-21(29)25-20-4-3-18(12-23-20)28-9-7-26(2)8-10-28/h3-6,11-13,15H,7-10,14H2,1-2H3,(H,23,25,29). The number of aryl methyl sites for hydroxylation is 1. The van der Waals surface area contributed by atoms with Crippen molar-refractivity contribution in [3.05, 3.63) is 54.9 Å². The molecule has 1 saturated heterocycles. The lowest BCUT2D eigenvalue weighted by molar-refractivity contribution is -0.116. The second-order valence-corrected chi connectivity index (χ2v) is 7.36. The van der Waals surface area contributed by atoms with Crippen LogP contribution in [0.5, 0.6) is 0 Å². The summed E-state index contributed by atoms with van der Waals surface area (Å²) in [6.45, 7) is 6.19. The summed E-state index contributed by atoms with van der Waals surface area (Å²) in [7, 11) is 2.13. The fraction of sp³-hybridized carbons (Fsp3) is 0.333. The molecule has 0 unspecified atom stereocenters. The highest BCUT2D eigenvalue weighted by atomic mass is 16.2. The van der Waals surface area contributed by atoms with Crippen molar-refractivity contribution in [1.29, 1.82) is 0 Å². The minimum Gasteiger partial charge on any atom is -0.368 e. The Labute approximate surface area is 170 Å². The Hall–Kier alpha value is -3.26. The van der Waals surface area contributed by atoms with Gasteiger partial charge in [-0.3, -0.25) is 9.78 Å². The molecule has 0 radical (unpaired) electrons. The van der Waals surface area contributed by atoms with Crippen molar-refractivity contribution in [2.75, 3.05) is 43.4 Å². The lowest BCUT2D eigenvalue weighted by Crippen LogP contribution is -2.44. The number of pyridine rings is 2. The molecule has 29 heavy (non-hydrogen) atoms. The maximum absolute atomic E-state index is 12.4. The molecule has 150 valence electrons. The Kier molecular flexibility index (Phi) is 5.53. The van der Waals surface area contributed by atoms with Gasteiger partial charge in [-0.25, -0.2) is 9.97 Å². The largest absolute Gasteiger partial charge is 0.368 e. The Morgan fingerprint density at radius 2 is 1.93 bits per heavy atom. The van der Waals surface area contributed by atoms with Gasteiger partial charge in [0, 0.05) is 49.8 Å². The van der Waals surface area contributed by atoms with E-state index in [2.05, 4.69) is 37.1 Å². The number of nitrogens with zero attached hydrogens (tertiary/aromatic N) is 6. The number of anilines is 2. The third-order valence-electron chi connectivity index (χ3n) is 5.04. The fourth-order valence-corrected chi connectivity index (χ4v) is 3.36. The van der Waals surface area contributed by atoms with Gasteiger partial charge in [0.1, 0.15) is 12.4 Å². The first kappa shape index (κ1) is 19.1. The average Bonchev–Trinajstić information content (AvgIpc) is 3.18. The number of hydrogen-bond acceptors (Lipinski definition) is 6. The van der Waals surface area contributed by atoms with E-state index in [1.165, 1.54) is 0 Å². The van der Waals surface area contributed by atoms with Crippen LogP contribution in [-0.4, -0.2) is 63.6 Å². The summed E-state index contributed by atoms with van der Waals surface area (Å²) in [6, 6.07) is 7.74. The molecule has 1 amide bonds. The smallest absolute Gasteiger partial charge is 0.245 e. The van der Waals surface area contributed by atoms with Gasteiger partial charge in [0.05, 0.1) is 23.9 Å². The highest BCUT2D eigenvalue weighted by molar-refractivity contribution is 5.89.